The average molecular weight is 358 g/mol. The molecule has 7 heteroatoms. The van der Waals surface area contributed by atoms with Crippen LogP contribution in [0.3, 0.4) is 0 Å². The van der Waals surface area contributed by atoms with E-state index in [2.05, 4.69) is 9.97 Å². The Morgan fingerprint density at radius 1 is 1.24 bits per heavy atom. The molecule has 0 aliphatic carbocycles. The highest BCUT2D eigenvalue weighted by Crippen LogP contribution is 2.31. The van der Waals surface area contributed by atoms with Crippen LogP contribution < -0.4 is 16.0 Å². The molecule has 6 nitrogen and oxygen atoms in total. The summed E-state index contributed by atoms with van der Waals surface area (Å²) < 4.78 is 11.2. The lowest BCUT2D eigenvalue weighted by molar-refractivity contribution is 0.341. The lowest BCUT2D eigenvalue weighted by Gasteiger charge is -2.10. The predicted molar refractivity (Wildman–Crippen MR) is 100 cm³/mol. The van der Waals surface area contributed by atoms with Gasteiger partial charge in [0.15, 0.2) is 0 Å². The number of nitrogens with two attached hydrogens (primary N) is 1. The quantitative estimate of drug-likeness (QED) is 0.545. The van der Waals surface area contributed by atoms with Gasteiger partial charge >= 0.3 is 0 Å². The highest BCUT2D eigenvalue weighted by Gasteiger charge is 2.16. The van der Waals surface area contributed by atoms with Gasteiger partial charge in [-0.05, 0) is 37.3 Å². The molecule has 2 aromatic heterocycles. The molecule has 0 aliphatic rings. The van der Waals surface area contributed by atoms with Crippen LogP contribution in [0.5, 0.6) is 5.75 Å². The van der Waals surface area contributed by atoms with Crippen molar-refractivity contribution in [2.75, 3.05) is 12.3 Å². The van der Waals surface area contributed by atoms with Gasteiger partial charge in [-0.3, -0.25) is 4.79 Å². The number of anilines is 1. The number of halogens is 1. The monoisotopic (exact) mass is 357 g/mol. The number of para-hydroxylation sites is 1. The molecule has 0 unspecified atom stereocenters. The van der Waals surface area contributed by atoms with Crippen LogP contribution in [0.4, 0.5) is 5.69 Å². The number of hydrogen-bond donors (Lipinski definition) is 2. The number of ether oxygens (including phenoxy) is 1. The van der Waals surface area contributed by atoms with Gasteiger partial charge in [-0.1, -0.05) is 12.1 Å². The van der Waals surface area contributed by atoms with Crippen LogP contribution in [-0.2, 0) is 0 Å². The number of rotatable bonds is 3. The van der Waals surface area contributed by atoms with Gasteiger partial charge in [0.25, 0.3) is 5.56 Å². The number of H-pyrrole nitrogens is 1. The summed E-state index contributed by atoms with van der Waals surface area (Å²) in [6.45, 7) is 2.39. The third kappa shape index (κ3) is 2.81. The minimum absolute atomic E-state index is 0. The Kier molecular flexibility index (Phi) is 4.37. The van der Waals surface area contributed by atoms with Gasteiger partial charge in [0.2, 0.25) is 5.58 Å². The molecule has 0 bridgehead atoms. The van der Waals surface area contributed by atoms with E-state index < -0.39 is 0 Å². The van der Waals surface area contributed by atoms with E-state index in [9.17, 15) is 4.79 Å². The van der Waals surface area contributed by atoms with Gasteiger partial charge in [0.05, 0.1) is 12.2 Å². The number of fused-ring (bicyclic) bond motifs is 3. The van der Waals surface area contributed by atoms with E-state index in [0.29, 0.717) is 40.5 Å². The zero-order valence-corrected chi connectivity index (χ0v) is 14.2. The van der Waals surface area contributed by atoms with Gasteiger partial charge in [0, 0.05) is 11.1 Å². The second kappa shape index (κ2) is 6.49. The number of hydrogen-bond acceptors (Lipinski definition) is 5. The van der Waals surface area contributed by atoms with Crippen molar-refractivity contribution < 1.29 is 9.15 Å². The fourth-order valence-corrected chi connectivity index (χ4v) is 2.74. The van der Waals surface area contributed by atoms with Crippen molar-refractivity contribution in [1.29, 1.82) is 0 Å². The Bertz CT molecular complexity index is 1120. The number of aromatic nitrogens is 2. The first-order valence-corrected chi connectivity index (χ1v) is 7.61. The fraction of sp³-hybridized carbons (Fsp3) is 0.111. The Morgan fingerprint density at radius 2 is 2.04 bits per heavy atom. The summed E-state index contributed by atoms with van der Waals surface area (Å²) in [4.78, 5) is 19.8. The zero-order valence-electron chi connectivity index (χ0n) is 13.4. The molecule has 0 amide bonds. The number of nitrogen functional groups attached to an aromatic ring is 1. The van der Waals surface area contributed by atoms with Crippen LogP contribution in [0, 0.1) is 0 Å². The van der Waals surface area contributed by atoms with Gasteiger partial charge in [-0.2, -0.15) is 0 Å². The number of nitrogens with zero attached hydrogens (tertiary/aromatic N) is 1. The van der Waals surface area contributed by atoms with E-state index in [1.165, 1.54) is 0 Å². The van der Waals surface area contributed by atoms with Crippen molar-refractivity contribution in [2.45, 2.75) is 6.92 Å². The maximum Gasteiger partial charge on any atom is 0.294 e. The van der Waals surface area contributed by atoms with Crippen LogP contribution in [0.1, 0.15) is 6.92 Å². The van der Waals surface area contributed by atoms with Crippen molar-refractivity contribution in [3.05, 3.63) is 52.8 Å². The molecule has 0 atom stereocenters. The van der Waals surface area contributed by atoms with Gasteiger partial charge in [-0.25, -0.2) is 4.98 Å². The molecule has 4 aromatic rings. The first-order chi connectivity index (χ1) is 11.7. The second-order valence-corrected chi connectivity index (χ2v) is 5.38. The topological polar surface area (TPSA) is 94.1 Å². The molecule has 128 valence electrons. The van der Waals surface area contributed by atoms with E-state index in [1.807, 2.05) is 31.2 Å². The smallest absolute Gasteiger partial charge is 0.294 e. The van der Waals surface area contributed by atoms with E-state index in [0.717, 1.165) is 5.39 Å². The molecule has 0 fully saturated rings. The first kappa shape index (κ1) is 16.9. The van der Waals surface area contributed by atoms with Gasteiger partial charge in [0.1, 0.15) is 22.7 Å². The van der Waals surface area contributed by atoms with E-state index in [4.69, 9.17) is 14.9 Å². The van der Waals surface area contributed by atoms with Crippen LogP contribution in [0.25, 0.3) is 33.5 Å². The van der Waals surface area contributed by atoms with Crippen LogP contribution >= 0.6 is 12.4 Å². The molecular formula is C18H16ClN3O3. The number of furan rings is 1. The summed E-state index contributed by atoms with van der Waals surface area (Å²) in [7, 11) is 0. The van der Waals surface area contributed by atoms with Crippen molar-refractivity contribution >= 4 is 40.2 Å². The minimum Gasteiger partial charge on any atom is -0.493 e. The van der Waals surface area contributed by atoms with Crippen LogP contribution in [0.2, 0.25) is 0 Å². The normalized spacial score (nSPS) is 10.8. The summed E-state index contributed by atoms with van der Waals surface area (Å²) >= 11 is 0. The van der Waals surface area contributed by atoms with Crippen molar-refractivity contribution in [3.63, 3.8) is 0 Å². The lowest BCUT2D eigenvalue weighted by atomic mass is 10.1. The molecular weight excluding hydrogens is 342 g/mol. The highest BCUT2D eigenvalue weighted by molar-refractivity contribution is 6.02. The first-order valence-electron chi connectivity index (χ1n) is 7.61. The summed E-state index contributed by atoms with van der Waals surface area (Å²) in [5.41, 5.74) is 8.11. The Balaban J connectivity index is 0.00000182. The standard InChI is InChI=1S/C18H15N3O3.ClH/c1-2-23-13-8-7-10(19)9-12(13)17-20-15-11-5-3-4-6-14(11)24-16(15)18(22)21-17;/h3-9H,2,19H2,1H3,(H,20,21,22);1H. The fourth-order valence-electron chi connectivity index (χ4n) is 2.74. The second-order valence-electron chi connectivity index (χ2n) is 5.38. The molecule has 3 N–H and O–H groups in total. The van der Waals surface area contributed by atoms with Gasteiger partial charge < -0.3 is 19.9 Å². The van der Waals surface area contributed by atoms with Crippen LogP contribution in [-0.4, -0.2) is 16.6 Å². The Hall–Kier alpha value is -2.99. The third-order valence-corrected chi connectivity index (χ3v) is 3.79. The largest absolute Gasteiger partial charge is 0.493 e. The maximum absolute atomic E-state index is 12.4. The highest BCUT2D eigenvalue weighted by atomic mass is 35.5. The molecule has 2 aromatic carbocycles. The summed E-state index contributed by atoms with van der Waals surface area (Å²) in [5.74, 6) is 1.01. The summed E-state index contributed by atoms with van der Waals surface area (Å²) in [6, 6.07) is 12.7. The third-order valence-electron chi connectivity index (χ3n) is 3.79. The molecule has 4 rings (SSSR count). The summed E-state index contributed by atoms with van der Waals surface area (Å²) in [5, 5.41) is 0.793. The number of nitrogens with one attached hydrogen (secondary N) is 1. The molecule has 0 radical (unpaired) electrons. The van der Waals surface area contributed by atoms with E-state index in [1.54, 1.807) is 18.2 Å². The van der Waals surface area contributed by atoms with Gasteiger partial charge in [-0.15, -0.1) is 12.4 Å². The SMILES string of the molecule is CCOc1ccc(N)cc1-c1nc2c(oc3ccccc32)c(=O)[nH]1.Cl. The molecule has 0 spiro atoms. The minimum atomic E-state index is -0.337. The van der Waals surface area contributed by atoms with Crippen molar-refractivity contribution in [3.8, 4) is 17.1 Å². The average Bonchev–Trinajstić information content (AvgIpc) is 2.96. The Morgan fingerprint density at radius 3 is 2.84 bits per heavy atom. The molecule has 0 saturated carbocycles. The molecule has 25 heavy (non-hydrogen) atoms. The Labute approximate surface area is 149 Å². The van der Waals surface area contributed by atoms with Crippen molar-refractivity contribution in [2.24, 2.45) is 0 Å². The van der Waals surface area contributed by atoms with E-state index >= 15 is 0 Å². The lowest BCUT2D eigenvalue weighted by Crippen LogP contribution is -2.09. The number of benzene rings is 2. The number of aromatic amines is 1. The maximum atomic E-state index is 12.4. The van der Waals surface area contributed by atoms with Crippen LogP contribution in [0.15, 0.2) is 51.7 Å². The molecule has 0 aliphatic heterocycles. The zero-order chi connectivity index (χ0) is 16.7. The molecule has 0 saturated heterocycles. The van der Waals surface area contributed by atoms with E-state index in [-0.39, 0.29) is 23.5 Å². The van der Waals surface area contributed by atoms with Crippen molar-refractivity contribution in [1.82, 2.24) is 9.97 Å². The molecule has 2 heterocycles. The summed E-state index contributed by atoms with van der Waals surface area (Å²) in [6.07, 6.45) is 0. The predicted octanol–water partition coefficient (Wildman–Crippen LogP) is 3.74.